The van der Waals surface area contributed by atoms with Crippen molar-refractivity contribution in [3.05, 3.63) is 12.2 Å². The summed E-state index contributed by atoms with van der Waals surface area (Å²) in [5.74, 6) is 0.663. The number of likely N-dealkylation sites (tertiary alicyclic amines) is 1. The van der Waals surface area contributed by atoms with Crippen LogP contribution in [0.1, 0.15) is 38.5 Å². The molecule has 0 radical (unpaired) electrons. The number of hydrogen-bond donors (Lipinski definition) is 1. The molecule has 2 heterocycles. The lowest BCUT2D eigenvalue weighted by molar-refractivity contribution is -0.135. The van der Waals surface area contributed by atoms with Gasteiger partial charge in [-0.3, -0.25) is 9.59 Å². The van der Waals surface area contributed by atoms with E-state index in [2.05, 4.69) is 17.5 Å². The van der Waals surface area contributed by atoms with Gasteiger partial charge in [-0.15, -0.1) is 0 Å². The Morgan fingerprint density at radius 2 is 2.00 bits per heavy atom. The Balaban J connectivity index is 1.64. The Morgan fingerprint density at radius 1 is 1.21 bits per heavy atom. The highest BCUT2D eigenvalue weighted by atomic mass is 16.2. The molecule has 19 heavy (non-hydrogen) atoms. The largest absolute Gasteiger partial charge is 0.356 e. The molecule has 1 N–H and O–H groups in total. The Hall–Kier alpha value is -1.32. The standard InChI is InChI=1S/C15H22N2O2/c18-13(12-4-1-2-5-12)17-10-3-6-15(8-11-17)7-9-16-14(15)19/h1-2,12H,3-11H2,(H,16,19)/t15-/m1/s1. The molecule has 2 amide bonds. The minimum Gasteiger partial charge on any atom is -0.356 e. The molecule has 0 saturated carbocycles. The Labute approximate surface area is 114 Å². The fraction of sp³-hybridized carbons (Fsp3) is 0.733. The molecule has 0 aromatic heterocycles. The van der Waals surface area contributed by atoms with Crippen LogP contribution in [0, 0.1) is 11.3 Å². The van der Waals surface area contributed by atoms with Crippen LogP contribution in [-0.4, -0.2) is 36.3 Å². The summed E-state index contributed by atoms with van der Waals surface area (Å²) in [5, 5.41) is 2.95. The highest BCUT2D eigenvalue weighted by Crippen LogP contribution is 2.38. The molecule has 1 atom stereocenters. The monoisotopic (exact) mass is 262 g/mol. The second-order valence-electron chi connectivity index (χ2n) is 6.10. The lowest BCUT2D eigenvalue weighted by Gasteiger charge is -2.26. The minimum absolute atomic E-state index is 0.159. The van der Waals surface area contributed by atoms with Crippen molar-refractivity contribution < 1.29 is 9.59 Å². The average molecular weight is 262 g/mol. The number of hydrogen-bond acceptors (Lipinski definition) is 2. The van der Waals surface area contributed by atoms with Crippen molar-refractivity contribution in [3.63, 3.8) is 0 Å². The second kappa shape index (κ2) is 4.99. The van der Waals surface area contributed by atoms with Gasteiger partial charge in [-0.05, 0) is 38.5 Å². The number of allylic oxidation sites excluding steroid dienone is 2. The maximum absolute atomic E-state index is 12.4. The molecule has 0 unspecified atom stereocenters. The van der Waals surface area contributed by atoms with Gasteiger partial charge in [0.2, 0.25) is 11.8 Å². The van der Waals surface area contributed by atoms with Gasteiger partial charge in [-0.1, -0.05) is 12.2 Å². The maximum Gasteiger partial charge on any atom is 0.226 e. The molecule has 4 nitrogen and oxygen atoms in total. The average Bonchev–Trinajstić information content (AvgIpc) is 2.98. The maximum atomic E-state index is 12.4. The molecule has 2 aliphatic heterocycles. The molecule has 0 aromatic rings. The van der Waals surface area contributed by atoms with E-state index in [9.17, 15) is 9.59 Å². The van der Waals surface area contributed by atoms with Gasteiger partial charge in [-0.25, -0.2) is 0 Å². The quantitative estimate of drug-likeness (QED) is 0.728. The van der Waals surface area contributed by atoms with Crippen LogP contribution in [0.2, 0.25) is 0 Å². The number of carbonyl (C=O) groups excluding carboxylic acids is 2. The first-order valence-corrected chi connectivity index (χ1v) is 7.43. The molecule has 0 aromatic carbocycles. The molecule has 104 valence electrons. The molecular weight excluding hydrogens is 240 g/mol. The van der Waals surface area contributed by atoms with Crippen LogP contribution in [0.15, 0.2) is 12.2 Å². The van der Waals surface area contributed by atoms with Gasteiger partial charge in [-0.2, -0.15) is 0 Å². The summed E-state index contributed by atoms with van der Waals surface area (Å²) in [6, 6.07) is 0. The van der Waals surface area contributed by atoms with Crippen molar-refractivity contribution in [2.24, 2.45) is 11.3 Å². The summed E-state index contributed by atoms with van der Waals surface area (Å²) < 4.78 is 0. The van der Waals surface area contributed by atoms with Crippen molar-refractivity contribution >= 4 is 11.8 Å². The van der Waals surface area contributed by atoms with E-state index in [0.717, 1.165) is 58.2 Å². The van der Waals surface area contributed by atoms with Crippen LogP contribution in [0.25, 0.3) is 0 Å². The third kappa shape index (κ3) is 2.28. The van der Waals surface area contributed by atoms with Crippen LogP contribution in [0.4, 0.5) is 0 Å². The zero-order valence-electron chi connectivity index (χ0n) is 11.4. The van der Waals surface area contributed by atoms with E-state index in [1.807, 2.05) is 4.90 Å². The summed E-state index contributed by atoms with van der Waals surface area (Å²) in [5.41, 5.74) is -0.178. The first-order valence-electron chi connectivity index (χ1n) is 7.43. The van der Waals surface area contributed by atoms with E-state index in [-0.39, 0.29) is 17.2 Å². The molecule has 2 saturated heterocycles. The lowest BCUT2D eigenvalue weighted by Crippen LogP contribution is -2.37. The predicted octanol–water partition coefficient (Wildman–Crippen LogP) is 1.47. The SMILES string of the molecule is O=C(C1CC=CC1)N1CCC[C@@]2(CCNC2=O)CC1. The normalized spacial score (nSPS) is 31.8. The zero-order valence-corrected chi connectivity index (χ0v) is 11.4. The van der Waals surface area contributed by atoms with Gasteiger partial charge in [0.25, 0.3) is 0 Å². The van der Waals surface area contributed by atoms with E-state index < -0.39 is 0 Å². The van der Waals surface area contributed by atoms with Crippen molar-refractivity contribution in [3.8, 4) is 0 Å². The van der Waals surface area contributed by atoms with Gasteiger partial charge in [0.05, 0.1) is 5.41 Å². The van der Waals surface area contributed by atoms with Crippen LogP contribution in [-0.2, 0) is 9.59 Å². The van der Waals surface area contributed by atoms with E-state index in [0.29, 0.717) is 5.91 Å². The molecule has 0 bridgehead atoms. The second-order valence-corrected chi connectivity index (χ2v) is 6.10. The number of carbonyl (C=O) groups is 2. The number of rotatable bonds is 1. The Bertz CT molecular complexity index is 410. The van der Waals surface area contributed by atoms with Crippen LogP contribution >= 0.6 is 0 Å². The summed E-state index contributed by atoms with van der Waals surface area (Å²) in [6.07, 6.45) is 9.66. The smallest absolute Gasteiger partial charge is 0.226 e. The first kappa shape index (κ1) is 12.7. The van der Waals surface area contributed by atoms with Crippen LogP contribution < -0.4 is 5.32 Å². The van der Waals surface area contributed by atoms with Crippen molar-refractivity contribution in [1.82, 2.24) is 10.2 Å². The molecule has 2 fully saturated rings. The zero-order chi connectivity index (χ0) is 13.3. The van der Waals surface area contributed by atoms with Crippen LogP contribution in [0.5, 0.6) is 0 Å². The fourth-order valence-corrected chi connectivity index (χ4v) is 3.68. The predicted molar refractivity (Wildman–Crippen MR) is 72.4 cm³/mol. The fourth-order valence-electron chi connectivity index (χ4n) is 3.68. The third-order valence-corrected chi connectivity index (χ3v) is 4.98. The molecular formula is C15H22N2O2. The highest BCUT2D eigenvalue weighted by Gasteiger charge is 2.43. The molecule has 3 aliphatic rings. The molecule has 1 spiro atoms. The molecule has 3 rings (SSSR count). The number of nitrogens with one attached hydrogen (secondary N) is 1. The third-order valence-electron chi connectivity index (χ3n) is 4.98. The summed E-state index contributed by atoms with van der Waals surface area (Å²) >= 11 is 0. The van der Waals surface area contributed by atoms with Crippen LogP contribution in [0.3, 0.4) is 0 Å². The van der Waals surface area contributed by atoms with Crippen molar-refractivity contribution in [2.75, 3.05) is 19.6 Å². The van der Waals surface area contributed by atoms with Crippen molar-refractivity contribution in [1.29, 1.82) is 0 Å². The van der Waals surface area contributed by atoms with Gasteiger partial charge >= 0.3 is 0 Å². The summed E-state index contributed by atoms with van der Waals surface area (Å²) in [6.45, 7) is 2.38. The molecule has 1 aliphatic carbocycles. The number of nitrogens with zero attached hydrogens (tertiary/aromatic N) is 1. The number of amides is 2. The topological polar surface area (TPSA) is 49.4 Å². The first-order chi connectivity index (χ1) is 9.21. The lowest BCUT2D eigenvalue weighted by atomic mass is 9.79. The van der Waals surface area contributed by atoms with E-state index in [1.165, 1.54) is 0 Å². The highest BCUT2D eigenvalue weighted by molar-refractivity contribution is 5.85. The van der Waals surface area contributed by atoms with Gasteiger partial charge in [0.1, 0.15) is 0 Å². The van der Waals surface area contributed by atoms with E-state index in [4.69, 9.17) is 0 Å². The summed E-state index contributed by atoms with van der Waals surface area (Å²) in [7, 11) is 0. The summed E-state index contributed by atoms with van der Waals surface area (Å²) in [4.78, 5) is 26.4. The van der Waals surface area contributed by atoms with Gasteiger partial charge in [0.15, 0.2) is 0 Å². The van der Waals surface area contributed by atoms with E-state index >= 15 is 0 Å². The molecule has 4 heteroatoms. The minimum atomic E-state index is -0.178. The Kier molecular flexibility index (Phi) is 3.33. The Morgan fingerprint density at radius 3 is 2.68 bits per heavy atom. The van der Waals surface area contributed by atoms with Gasteiger partial charge in [0, 0.05) is 25.6 Å². The van der Waals surface area contributed by atoms with Gasteiger partial charge < -0.3 is 10.2 Å². The van der Waals surface area contributed by atoms with Crippen molar-refractivity contribution in [2.45, 2.75) is 38.5 Å². The van der Waals surface area contributed by atoms with E-state index in [1.54, 1.807) is 0 Å².